The van der Waals surface area contributed by atoms with Crippen molar-refractivity contribution in [1.29, 1.82) is 0 Å². The van der Waals surface area contributed by atoms with Crippen LogP contribution in [0.4, 0.5) is 4.79 Å². The number of nitrogens with zero attached hydrogens (tertiary/aromatic N) is 2. The monoisotopic (exact) mass is 228 g/mol. The maximum Gasteiger partial charge on any atom is 0.410 e. The Balaban J connectivity index is 2.36. The van der Waals surface area contributed by atoms with Gasteiger partial charge in [-0.05, 0) is 20.8 Å². The average Bonchev–Trinajstić information content (AvgIpc) is 1.96. The molecule has 0 spiro atoms. The molecular weight excluding hydrogens is 208 g/mol. The molecule has 0 saturated carbocycles. The lowest BCUT2D eigenvalue weighted by Gasteiger charge is -2.39. The second-order valence-electron chi connectivity index (χ2n) is 5.31. The van der Waals surface area contributed by atoms with Gasteiger partial charge in [-0.15, -0.1) is 0 Å². The highest BCUT2D eigenvalue weighted by atomic mass is 16.6. The molecule has 0 bridgehead atoms. The predicted molar refractivity (Wildman–Crippen MR) is 60.0 cm³/mol. The first-order chi connectivity index (χ1) is 7.20. The predicted octanol–water partition coefficient (Wildman–Crippen LogP) is 0.941. The van der Waals surface area contributed by atoms with Gasteiger partial charge >= 0.3 is 6.09 Å². The number of amides is 2. The van der Waals surface area contributed by atoms with E-state index in [1.165, 1.54) is 0 Å². The van der Waals surface area contributed by atoms with Crippen molar-refractivity contribution in [2.24, 2.45) is 5.92 Å². The molecule has 1 saturated heterocycles. The quantitative estimate of drug-likeness (QED) is 0.671. The molecule has 5 heteroatoms. The SMILES string of the molecule is CN(C)C(=O)C1CN(C(=O)OC(C)(C)C)C1. The van der Waals surface area contributed by atoms with Gasteiger partial charge in [-0.25, -0.2) is 4.79 Å². The van der Waals surface area contributed by atoms with Gasteiger partial charge in [0.15, 0.2) is 0 Å². The van der Waals surface area contributed by atoms with Crippen molar-refractivity contribution in [3.8, 4) is 0 Å². The Morgan fingerprint density at radius 1 is 1.25 bits per heavy atom. The molecule has 0 unspecified atom stereocenters. The molecule has 1 heterocycles. The topological polar surface area (TPSA) is 49.9 Å². The Kier molecular flexibility index (Phi) is 3.45. The van der Waals surface area contributed by atoms with Crippen molar-refractivity contribution in [3.05, 3.63) is 0 Å². The van der Waals surface area contributed by atoms with E-state index in [0.29, 0.717) is 13.1 Å². The first-order valence-corrected chi connectivity index (χ1v) is 5.40. The van der Waals surface area contributed by atoms with Crippen molar-refractivity contribution >= 4 is 12.0 Å². The average molecular weight is 228 g/mol. The van der Waals surface area contributed by atoms with Crippen LogP contribution in [-0.4, -0.2) is 54.6 Å². The van der Waals surface area contributed by atoms with Crippen LogP contribution in [0.3, 0.4) is 0 Å². The first-order valence-electron chi connectivity index (χ1n) is 5.40. The van der Waals surface area contributed by atoms with Crippen molar-refractivity contribution < 1.29 is 14.3 Å². The van der Waals surface area contributed by atoms with Gasteiger partial charge in [-0.3, -0.25) is 4.79 Å². The maximum absolute atomic E-state index is 11.6. The number of rotatable bonds is 1. The smallest absolute Gasteiger partial charge is 0.410 e. The molecule has 0 aliphatic carbocycles. The fourth-order valence-electron chi connectivity index (χ4n) is 1.48. The lowest BCUT2D eigenvalue weighted by molar-refractivity contribution is -0.137. The highest BCUT2D eigenvalue weighted by Crippen LogP contribution is 2.20. The summed E-state index contributed by atoms with van der Waals surface area (Å²) in [5.74, 6) is 0.00215. The molecule has 16 heavy (non-hydrogen) atoms. The van der Waals surface area contributed by atoms with Crippen LogP contribution in [0.5, 0.6) is 0 Å². The van der Waals surface area contributed by atoms with Crippen LogP contribution in [0, 0.1) is 5.92 Å². The molecule has 0 radical (unpaired) electrons. The van der Waals surface area contributed by atoms with Crippen molar-refractivity contribution in [1.82, 2.24) is 9.80 Å². The van der Waals surface area contributed by atoms with Crippen molar-refractivity contribution in [2.75, 3.05) is 27.2 Å². The number of ether oxygens (including phenoxy) is 1. The zero-order valence-corrected chi connectivity index (χ0v) is 10.6. The fraction of sp³-hybridized carbons (Fsp3) is 0.818. The minimum atomic E-state index is -0.478. The summed E-state index contributed by atoms with van der Waals surface area (Å²) in [7, 11) is 3.44. The van der Waals surface area contributed by atoms with E-state index < -0.39 is 5.60 Å². The lowest BCUT2D eigenvalue weighted by Crippen LogP contribution is -2.56. The number of hydrogen-bond acceptors (Lipinski definition) is 3. The van der Waals surface area contributed by atoms with E-state index in [2.05, 4.69) is 0 Å². The van der Waals surface area contributed by atoms with Crippen LogP contribution in [0.1, 0.15) is 20.8 Å². The van der Waals surface area contributed by atoms with Crippen LogP contribution in [-0.2, 0) is 9.53 Å². The van der Waals surface area contributed by atoms with Gasteiger partial charge in [0.05, 0.1) is 5.92 Å². The number of likely N-dealkylation sites (tertiary alicyclic amines) is 1. The second-order valence-corrected chi connectivity index (χ2v) is 5.31. The summed E-state index contributed by atoms with van der Waals surface area (Å²) in [4.78, 5) is 26.2. The molecule has 1 aliphatic heterocycles. The zero-order valence-electron chi connectivity index (χ0n) is 10.6. The third-order valence-corrected chi connectivity index (χ3v) is 2.32. The Labute approximate surface area is 96.3 Å². The van der Waals surface area contributed by atoms with E-state index in [1.807, 2.05) is 20.8 Å². The fourth-order valence-corrected chi connectivity index (χ4v) is 1.48. The second kappa shape index (κ2) is 4.31. The van der Waals surface area contributed by atoms with E-state index in [1.54, 1.807) is 23.9 Å². The Hall–Kier alpha value is -1.26. The number of carbonyl (C=O) groups is 2. The minimum absolute atomic E-state index is 0.0671. The van der Waals surface area contributed by atoms with E-state index in [-0.39, 0.29) is 17.9 Å². The molecule has 1 rings (SSSR count). The van der Waals surface area contributed by atoms with Gasteiger partial charge in [0.1, 0.15) is 5.60 Å². The summed E-state index contributed by atoms with van der Waals surface area (Å²) in [5, 5.41) is 0. The van der Waals surface area contributed by atoms with Gasteiger partial charge in [-0.2, -0.15) is 0 Å². The van der Waals surface area contributed by atoms with Crippen LogP contribution in [0.15, 0.2) is 0 Å². The van der Waals surface area contributed by atoms with Gasteiger partial charge in [0.2, 0.25) is 5.91 Å². The number of carbonyl (C=O) groups excluding carboxylic acids is 2. The molecule has 5 nitrogen and oxygen atoms in total. The third-order valence-electron chi connectivity index (χ3n) is 2.32. The molecule has 0 aromatic carbocycles. The summed E-state index contributed by atoms with van der Waals surface area (Å²) in [6.07, 6.45) is -0.338. The third kappa shape index (κ3) is 3.12. The standard InChI is InChI=1S/C11H20N2O3/c1-11(2,3)16-10(15)13-6-8(7-13)9(14)12(4)5/h8H,6-7H2,1-5H3. The number of hydrogen-bond donors (Lipinski definition) is 0. The normalized spacial score (nSPS) is 16.7. The van der Waals surface area contributed by atoms with Crippen LogP contribution in [0.2, 0.25) is 0 Å². The summed E-state index contributed by atoms with van der Waals surface area (Å²) in [6, 6.07) is 0. The molecular formula is C11H20N2O3. The van der Waals surface area contributed by atoms with E-state index in [0.717, 1.165) is 0 Å². The molecule has 1 fully saturated rings. The molecule has 0 aromatic heterocycles. The molecule has 2 amide bonds. The Morgan fingerprint density at radius 3 is 2.12 bits per heavy atom. The summed E-state index contributed by atoms with van der Waals surface area (Å²) >= 11 is 0. The molecule has 0 atom stereocenters. The van der Waals surface area contributed by atoms with Crippen molar-refractivity contribution in [2.45, 2.75) is 26.4 Å². The summed E-state index contributed by atoms with van der Waals surface area (Å²) < 4.78 is 5.19. The Bertz CT molecular complexity index is 288. The molecule has 92 valence electrons. The minimum Gasteiger partial charge on any atom is -0.444 e. The molecule has 0 N–H and O–H groups in total. The van der Waals surface area contributed by atoms with Crippen LogP contribution < -0.4 is 0 Å². The summed E-state index contributed by atoms with van der Waals surface area (Å²) in [5.41, 5.74) is -0.478. The highest BCUT2D eigenvalue weighted by molar-refractivity contribution is 5.82. The molecule has 1 aliphatic rings. The maximum atomic E-state index is 11.6. The highest BCUT2D eigenvalue weighted by Gasteiger charge is 2.38. The van der Waals surface area contributed by atoms with Crippen molar-refractivity contribution in [3.63, 3.8) is 0 Å². The largest absolute Gasteiger partial charge is 0.444 e. The van der Waals surface area contributed by atoms with E-state index in [9.17, 15) is 9.59 Å². The van der Waals surface area contributed by atoms with E-state index in [4.69, 9.17) is 4.74 Å². The van der Waals surface area contributed by atoms with Gasteiger partial charge < -0.3 is 14.5 Å². The Morgan fingerprint density at radius 2 is 1.75 bits per heavy atom. The summed E-state index contributed by atoms with van der Waals surface area (Å²) in [6.45, 7) is 6.41. The first kappa shape index (κ1) is 12.8. The van der Waals surface area contributed by atoms with Gasteiger partial charge in [-0.1, -0.05) is 0 Å². The van der Waals surface area contributed by atoms with E-state index >= 15 is 0 Å². The van der Waals surface area contributed by atoms with Gasteiger partial charge in [0, 0.05) is 27.2 Å². The lowest BCUT2D eigenvalue weighted by atomic mass is 9.99. The zero-order chi connectivity index (χ0) is 12.5. The van der Waals surface area contributed by atoms with Crippen LogP contribution >= 0.6 is 0 Å². The van der Waals surface area contributed by atoms with Gasteiger partial charge in [0.25, 0.3) is 0 Å². The molecule has 0 aromatic rings. The van der Waals surface area contributed by atoms with Crippen LogP contribution in [0.25, 0.3) is 0 Å².